The van der Waals surface area contributed by atoms with Crippen molar-refractivity contribution in [3.05, 3.63) is 65.2 Å². The minimum Gasteiger partial charge on any atom is -0.321 e. The van der Waals surface area contributed by atoms with E-state index >= 15 is 0 Å². The van der Waals surface area contributed by atoms with Crippen LogP contribution in [0.25, 0.3) is 10.6 Å². The molecular weight excluding hydrogens is 382 g/mol. The molecule has 1 aromatic heterocycles. The van der Waals surface area contributed by atoms with Crippen LogP contribution in [-0.4, -0.2) is 37.7 Å². The van der Waals surface area contributed by atoms with Crippen LogP contribution in [-0.2, 0) is 10.0 Å². The van der Waals surface area contributed by atoms with E-state index in [1.165, 1.54) is 37.7 Å². The topological polar surface area (TPSA) is 79.4 Å². The fourth-order valence-corrected chi connectivity index (χ4v) is 4.40. The van der Waals surface area contributed by atoms with Gasteiger partial charge in [0.1, 0.15) is 9.88 Å². The molecule has 6 nitrogen and oxygen atoms in total. The van der Waals surface area contributed by atoms with Gasteiger partial charge in [0.2, 0.25) is 10.0 Å². The number of benzene rings is 2. The number of nitrogens with zero attached hydrogens (tertiary/aromatic N) is 2. The van der Waals surface area contributed by atoms with Gasteiger partial charge in [-0.2, -0.15) is 0 Å². The van der Waals surface area contributed by atoms with E-state index in [4.69, 9.17) is 0 Å². The molecule has 3 rings (SSSR count). The van der Waals surface area contributed by atoms with Gasteiger partial charge >= 0.3 is 0 Å². The molecule has 140 valence electrons. The minimum atomic E-state index is -3.59. The number of sulfonamides is 1. The zero-order chi connectivity index (χ0) is 19.6. The van der Waals surface area contributed by atoms with Crippen LogP contribution < -0.4 is 5.32 Å². The van der Waals surface area contributed by atoms with Crippen LogP contribution in [0, 0.1) is 6.92 Å². The van der Waals surface area contributed by atoms with Crippen LogP contribution in [0.5, 0.6) is 0 Å². The van der Waals surface area contributed by atoms with E-state index < -0.39 is 10.0 Å². The van der Waals surface area contributed by atoms with Gasteiger partial charge in [0.05, 0.1) is 11.1 Å². The van der Waals surface area contributed by atoms with E-state index in [0.717, 1.165) is 14.9 Å². The molecule has 0 aliphatic rings. The summed E-state index contributed by atoms with van der Waals surface area (Å²) in [7, 11) is -0.641. The highest BCUT2D eigenvalue weighted by atomic mass is 32.2. The molecule has 0 radical (unpaired) electrons. The molecular formula is C19H19N3O3S2. The highest BCUT2D eigenvalue weighted by molar-refractivity contribution is 7.89. The first-order valence-corrected chi connectivity index (χ1v) is 10.4. The van der Waals surface area contributed by atoms with Gasteiger partial charge in [-0.1, -0.05) is 36.4 Å². The molecule has 1 heterocycles. The van der Waals surface area contributed by atoms with Crippen molar-refractivity contribution in [2.45, 2.75) is 11.8 Å². The number of hydrogen-bond acceptors (Lipinski definition) is 5. The van der Waals surface area contributed by atoms with Crippen molar-refractivity contribution in [3.8, 4) is 10.6 Å². The Balaban J connectivity index is 1.84. The highest BCUT2D eigenvalue weighted by Crippen LogP contribution is 2.26. The molecule has 0 aliphatic carbocycles. The summed E-state index contributed by atoms with van der Waals surface area (Å²) in [5, 5.41) is 3.50. The Labute approximate surface area is 162 Å². The van der Waals surface area contributed by atoms with Gasteiger partial charge in [0.15, 0.2) is 0 Å². The Morgan fingerprint density at radius 2 is 1.81 bits per heavy atom. The van der Waals surface area contributed by atoms with Gasteiger partial charge in [-0.25, -0.2) is 17.7 Å². The summed E-state index contributed by atoms with van der Waals surface area (Å²) in [4.78, 5) is 17.5. The minimum absolute atomic E-state index is 0.166. The third-order valence-electron chi connectivity index (χ3n) is 3.95. The van der Waals surface area contributed by atoms with Crippen LogP contribution in [0.4, 0.5) is 5.69 Å². The first kappa shape index (κ1) is 19.2. The summed E-state index contributed by atoms with van der Waals surface area (Å²) >= 11 is 1.28. The van der Waals surface area contributed by atoms with Gasteiger partial charge in [-0.05, 0) is 24.6 Å². The number of nitrogens with one attached hydrogen (secondary N) is 1. The maximum absolute atomic E-state index is 12.5. The van der Waals surface area contributed by atoms with Crippen molar-refractivity contribution in [1.29, 1.82) is 0 Å². The molecule has 1 amide bonds. The van der Waals surface area contributed by atoms with Crippen LogP contribution in [0.15, 0.2) is 59.6 Å². The van der Waals surface area contributed by atoms with E-state index in [-0.39, 0.29) is 10.8 Å². The van der Waals surface area contributed by atoms with E-state index in [9.17, 15) is 13.2 Å². The lowest BCUT2D eigenvalue weighted by atomic mass is 10.2. The second kappa shape index (κ2) is 7.59. The molecule has 0 saturated heterocycles. The predicted molar refractivity (Wildman–Crippen MR) is 108 cm³/mol. The summed E-state index contributed by atoms with van der Waals surface area (Å²) < 4.78 is 26.0. The van der Waals surface area contributed by atoms with Gasteiger partial charge in [-0.15, -0.1) is 11.3 Å². The van der Waals surface area contributed by atoms with Crippen molar-refractivity contribution in [2.75, 3.05) is 19.4 Å². The molecule has 0 fully saturated rings. The average molecular weight is 402 g/mol. The Morgan fingerprint density at radius 3 is 2.48 bits per heavy atom. The largest absolute Gasteiger partial charge is 0.321 e. The summed E-state index contributed by atoms with van der Waals surface area (Å²) in [5.41, 5.74) is 1.97. The number of carbonyl (C=O) groups is 1. The lowest BCUT2D eigenvalue weighted by Gasteiger charge is -2.15. The standard InChI is InChI=1S/C19H19N3O3S2/c1-13-9-10-15(11-17(13)27(24,25)22(2)3)21-18(23)16-12-20-19(26-16)14-7-5-4-6-8-14/h4-12H,1-3H3,(H,21,23). The van der Waals surface area contributed by atoms with Crippen molar-refractivity contribution >= 4 is 33.0 Å². The summed E-state index contributed by atoms with van der Waals surface area (Å²) in [6.45, 7) is 1.72. The Hall–Kier alpha value is -2.55. The van der Waals surface area contributed by atoms with Crippen LogP contribution in [0.2, 0.25) is 0 Å². The molecule has 27 heavy (non-hydrogen) atoms. The van der Waals surface area contributed by atoms with Gasteiger partial charge in [0, 0.05) is 25.3 Å². The zero-order valence-electron chi connectivity index (χ0n) is 15.1. The monoisotopic (exact) mass is 401 g/mol. The van der Waals surface area contributed by atoms with Gasteiger partial charge in [-0.3, -0.25) is 4.79 Å². The Kier molecular flexibility index (Phi) is 5.41. The zero-order valence-corrected chi connectivity index (χ0v) is 16.8. The van der Waals surface area contributed by atoms with Crippen molar-refractivity contribution < 1.29 is 13.2 Å². The second-order valence-corrected chi connectivity index (χ2v) is 9.27. The molecule has 2 aromatic carbocycles. The second-order valence-electron chi connectivity index (χ2n) is 6.12. The molecule has 3 aromatic rings. The van der Waals surface area contributed by atoms with Gasteiger partial charge < -0.3 is 5.32 Å². The van der Waals surface area contributed by atoms with Crippen LogP contribution in [0.1, 0.15) is 15.2 Å². The van der Waals surface area contributed by atoms with Crippen molar-refractivity contribution in [2.24, 2.45) is 0 Å². The number of thiazole rings is 1. The van der Waals surface area contributed by atoms with E-state index in [0.29, 0.717) is 16.1 Å². The maximum atomic E-state index is 12.5. The molecule has 8 heteroatoms. The number of hydrogen-bond donors (Lipinski definition) is 1. The first-order chi connectivity index (χ1) is 12.8. The van der Waals surface area contributed by atoms with E-state index in [1.807, 2.05) is 30.3 Å². The number of aryl methyl sites for hydroxylation is 1. The fraction of sp³-hybridized carbons (Fsp3) is 0.158. The third kappa shape index (κ3) is 4.08. The maximum Gasteiger partial charge on any atom is 0.267 e. The molecule has 0 spiro atoms. The number of aromatic nitrogens is 1. The molecule has 0 bridgehead atoms. The van der Waals surface area contributed by atoms with Crippen molar-refractivity contribution in [3.63, 3.8) is 0 Å². The molecule has 0 unspecified atom stereocenters. The number of carbonyl (C=O) groups excluding carboxylic acids is 1. The SMILES string of the molecule is Cc1ccc(NC(=O)c2cnc(-c3ccccc3)s2)cc1S(=O)(=O)N(C)C. The predicted octanol–water partition coefficient (Wildman–Crippen LogP) is 3.62. The molecule has 0 saturated carbocycles. The van der Waals surface area contributed by atoms with E-state index in [2.05, 4.69) is 10.3 Å². The summed E-state index contributed by atoms with van der Waals surface area (Å²) in [6.07, 6.45) is 1.52. The Morgan fingerprint density at radius 1 is 1.11 bits per heavy atom. The molecule has 0 atom stereocenters. The van der Waals surface area contributed by atoms with Gasteiger partial charge in [0.25, 0.3) is 5.91 Å². The number of amides is 1. The van der Waals surface area contributed by atoms with Crippen LogP contribution >= 0.6 is 11.3 Å². The van der Waals surface area contributed by atoms with Crippen molar-refractivity contribution in [1.82, 2.24) is 9.29 Å². The first-order valence-electron chi connectivity index (χ1n) is 8.15. The number of rotatable bonds is 5. The average Bonchev–Trinajstić information content (AvgIpc) is 3.14. The smallest absolute Gasteiger partial charge is 0.267 e. The third-order valence-corrected chi connectivity index (χ3v) is 6.96. The normalized spacial score (nSPS) is 11.6. The van der Waals surface area contributed by atoms with E-state index in [1.54, 1.807) is 19.1 Å². The lowest BCUT2D eigenvalue weighted by Crippen LogP contribution is -2.23. The molecule has 0 aliphatic heterocycles. The highest BCUT2D eigenvalue weighted by Gasteiger charge is 2.21. The fourth-order valence-electron chi connectivity index (χ4n) is 2.44. The quantitative estimate of drug-likeness (QED) is 0.708. The van der Waals surface area contributed by atoms with Crippen LogP contribution in [0.3, 0.4) is 0 Å². The Bertz CT molecular complexity index is 1070. The lowest BCUT2D eigenvalue weighted by molar-refractivity contribution is 0.103. The summed E-state index contributed by atoms with van der Waals surface area (Å²) in [6, 6.07) is 14.4. The summed E-state index contributed by atoms with van der Waals surface area (Å²) in [5.74, 6) is -0.327. The number of anilines is 1. The molecule has 1 N–H and O–H groups in total.